The van der Waals surface area contributed by atoms with Crippen LogP contribution in [0.1, 0.15) is 46.0 Å². The molecular weight excluding hydrogens is 254 g/mol. The van der Waals surface area contributed by atoms with Crippen LogP contribution in [0.3, 0.4) is 0 Å². The van der Waals surface area contributed by atoms with Gasteiger partial charge in [0.05, 0.1) is 0 Å². The summed E-state index contributed by atoms with van der Waals surface area (Å²) in [5.74, 6) is 0.646. The number of piperidine rings is 1. The minimum absolute atomic E-state index is 0.102. The first-order valence-corrected chi connectivity index (χ1v) is 7.88. The molecule has 2 N–H and O–H groups in total. The molecule has 0 aromatic rings. The lowest BCUT2D eigenvalue weighted by Gasteiger charge is -2.37. The van der Waals surface area contributed by atoms with Crippen LogP contribution in [-0.2, 0) is 9.59 Å². The predicted molar refractivity (Wildman–Crippen MR) is 78.0 cm³/mol. The van der Waals surface area contributed by atoms with Crippen molar-refractivity contribution in [2.24, 2.45) is 11.7 Å². The molecule has 0 saturated carbocycles. The fraction of sp³-hybridized carbons (Fsp3) is 0.867. The highest BCUT2D eigenvalue weighted by Gasteiger charge is 2.39. The molecule has 2 fully saturated rings. The monoisotopic (exact) mass is 281 g/mol. The van der Waals surface area contributed by atoms with Gasteiger partial charge in [-0.3, -0.25) is 9.59 Å². The largest absolute Gasteiger partial charge is 0.338 e. The number of carbonyl (C=O) groups is 2. The van der Waals surface area contributed by atoms with E-state index in [9.17, 15) is 9.59 Å². The maximum atomic E-state index is 12.8. The SMILES string of the molecule is CCC(=O)N1CCCCC1C(=O)N1CC(CN)CC1C. The highest BCUT2D eigenvalue weighted by Crippen LogP contribution is 2.27. The molecule has 5 heteroatoms. The summed E-state index contributed by atoms with van der Waals surface area (Å²) in [6.07, 6.45) is 4.31. The second-order valence-corrected chi connectivity index (χ2v) is 6.13. The molecule has 0 radical (unpaired) electrons. The fourth-order valence-corrected chi connectivity index (χ4v) is 3.50. The lowest BCUT2D eigenvalue weighted by atomic mass is 10.00. The van der Waals surface area contributed by atoms with Crippen LogP contribution in [0.15, 0.2) is 0 Å². The van der Waals surface area contributed by atoms with Crippen LogP contribution >= 0.6 is 0 Å². The molecule has 0 aromatic heterocycles. The van der Waals surface area contributed by atoms with E-state index >= 15 is 0 Å². The topological polar surface area (TPSA) is 66.6 Å². The van der Waals surface area contributed by atoms with Crippen molar-refractivity contribution in [1.82, 2.24) is 9.80 Å². The third kappa shape index (κ3) is 2.97. The highest BCUT2D eigenvalue weighted by atomic mass is 16.2. The molecule has 2 aliphatic rings. The van der Waals surface area contributed by atoms with E-state index in [1.165, 1.54) is 0 Å². The van der Waals surface area contributed by atoms with Crippen molar-refractivity contribution in [3.8, 4) is 0 Å². The van der Waals surface area contributed by atoms with Crippen LogP contribution in [0.5, 0.6) is 0 Å². The van der Waals surface area contributed by atoms with E-state index < -0.39 is 0 Å². The van der Waals surface area contributed by atoms with Crippen LogP contribution in [-0.4, -0.2) is 53.3 Å². The Bertz CT molecular complexity index is 372. The van der Waals surface area contributed by atoms with Gasteiger partial charge in [0.1, 0.15) is 6.04 Å². The smallest absolute Gasteiger partial charge is 0.245 e. The predicted octanol–water partition coefficient (Wildman–Crippen LogP) is 0.973. The Hall–Kier alpha value is -1.10. The molecule has 3 unspecified atom stereocenters. The first kappa shape index (κ1) is 15.3. The summed E-state index contributed by atoms with van der Waals surface area (Å²) >= 11 is 0. The Morgan fingerprint density at radius 2 is 2.00 bits per heavy atom. The summed E-state index contributed by atoms with van der Waals surface area (Å²) in [6.45, 7) is 6.06. The van der Waals surface area contributed by atoms with E-state index in [2.05, 4.69) is 6.92 Å². The molecule has 0 aliphatic carbocycles. The molecule has 5 nitrogen and oxygen atoms in total. The standard InChI is InChI=1S/C15H27N3O2/c1-3-14(19)17-7-5-4-6-13(17)15(20)18-10-12(9-16)8-11(18)2/h11-13H,3-10,16H2,1-2H3. The average Bonchev–Trinajstić information content (AvgIpc) is 2.86. The van der Waals surface area contributed by atoms with Gasteiger partial charge in [-0.15, -0.1) is 0 Å². The minimum Gasteiger partial charge on any atom is -0.338 e. The Labute approximate surface area is 121 Å². The number of hydrogen-bond donors (Lipinski definition) is 1. The maximum absolute atomic E-state index is 12.8. The third-order valence-electron chi connectivity index (χ3n) is 4.69. The fourth-order valence-electron chi connectivity index (χ4n) is 3.50. The third-order valence-corrected chi connectivity index (χ3v) is 4.69. The van der Waals surface area contributed by atoms with Crippen molar-refractivity contribution in [1.29, 1.82) is 0 Å². The molecule has 0 bridgehead atoms. The summed E-state index contributed by atoms with van der Waals surface area (Å²) in [5, 5.41) is 0. The van der Waals surface area contributed by atoms with Gasteiger partial charge in [0, 0.05) is 25.6 Å². The first-order valence-electron chi connectivity index (χ1n) is 7.88. The zero-order chi connectivity index (χ0) is 14.7. The van der Waals surface area contributed by atoms with E-state index in [4.69, 9.17) is 5.73 Å². The van der Waals surface area contributed by atoms with Crippen molar-refractivity contribution in [2.45, 2.75) is 58.0 Å². The number of nitrogens with two attached hydrogens (primary N) is 1. The maximum Gasteiger partial charge on any atom is 0.245 e. The first-order chi connectivity index (χ1) is 9.58. The number of nitrogens with zero attached hydrogens (tertiary/aromatic N) is 2. The van der Waals surface area contributed by atoms with E-state index in [1.807, 2.05) is 11.8 Å². The van der Waals surface area contributed by atoms with Crippen LogP contribution in [0.2, 0.25) is 0 Å². The Balaban J connectivity index is 2.08. The van der Waals surface area contributed by atoms with E-state index in [1.54, 1.807) is 4.90 Å². The van der Waals surface area contributed by atoms with Gasteiger partial charge in [-0.1, -0.05) is 6.92 Å². The number of hydrogen-bond acceptors (Lipinski definition) is 3. The van der Waals surface area contributed by atoms with Crippen molar-refractivity contribution >= 4 is 11.8 Å². The second kappa shape index (κ2) is 6.57. The molecule has 2 aliphatic heterocycles. The number of amides is 2. The van der Waals surface area contributed by atoms with Crippen molar-refractivity contribution in [3.05, 3.63) is 0 Å². The minimum atomic E-state index is -0.241. The quantitative estimate of drug-likeness (QED) is 0.838. The van der Waals surface area contributed by atoms with Crippen molar-refractivity contribution in [2.75, 3.05) is 19.6 Å². The van der Waals surface area contributed by atoms with Crippen LogP contribution in [0, 0.1) is 5.92 Å². The highest BCUT2D eigenvalue weighted by molar-refractivity contribution is 5.88. The molecule has 2 amide bonds. The van der Waals surface area contributed by atoms with E-state index in [-0.39, 0.29) is 23.9 Å². The van der Waals surface area contributed by atoms with Crippen molar-refractivity contribution < 1.29 is 9.59 Å². The van der Waals surface area contributed by atoms with Gasteiger partial charge in [-0.25, -0.2) is 0 Å². The average molecular weight is 281 g/mol. The summed E-state index contributed by atoms with van der Waals surface area (Å²) in [5.41, 5.74) is 5.73. The number of carbonyl (C=O) groups excluding carboxylic acids is 2. The molecule has 114 valence electrons. The van der Waals surface area contributed by atoms with Gasteiger partial charge in [0.2, 0.25) is 11.8 Å². The van der Waals surface area contributed by atoms with Gasteiger partial charge in [0.25, 0.3) is 0 Å². The zero-order valence-corrected chi connectivity index (χ0v) is 12.7. The Morgan fingerprint density at radius 3 is 2.60 bits per heavy atom. The summed E-state index contributed by atoms with van der Waals surface area (Å²) in [6, 6.07) is 0.00623. The van der Waals surface area contributed by atoms with Gasteiger partial charge in [-0.2, -0.15) is 0 Å². The van der Waals surface area contributed by atoms with Crippen LogP contribution < -0.4 is 5.73 Å². The molecule has 2 rings (SSSR count). The number of likely N-dealkylation sites (tertiary alicyclic amines) is 2. The van der Waals surface area contributed by atoms with Gasteiger partial charge in [0.15, 0.2) is 0 Å². The molecule has 20 heavy (non-hydrogen) atoms. The van der Waals surface area contributed by atoms with E-state index in [0.717, 1.165) is 38.8 Å². The Kier molecular flexibility index (Phi) is 5.02. The van der Waals surface area contributed by atoms with Crippen LogP contribution in [0.4, 0.5) is 0 Å². The Morgan fingerprint density at radius 1 is 1.25 bits per heavy atom. The molecule has 3 atom stereocenters. The summed E-state index contributed by atoms with van der Waals surface area (Å²) < 4.78 is 0. The summed E-state index contributed by atoms with van der Waals surface area (Å²) in [7, 11) is 0. The molecule has 2 heterocycles. The normalized spacial score (nSPS) is 30.6. The van der Waals surface area contributed by atoms with Gasteiger partial charge >= 0.3 is 0 Å². The molecule has 2 saturated heterocycles. The van der Waals surface area contributed by atoms with Crippen LogP contribution in [0.25, 0.3) is 0 Å². The number of rotatable bonds is 3. The molecular formula is C15H27N3O2. The molecule has 0 spiro atoms. The lowest BCUT2D eigenvalue weighted by molar-refractivity contribution is -0.148. The second-order valence-electron chi connectivity index (χ2n) is 6.13. The van der Waals surface area contributed by atoms with Crippen molar-refractivity contribution in [3.63, 3.8) is 0 Å². The zero-order valence-electron chi connectivity index (χ0n) is 12.7. The lowest BCUT2D eigenvalue weighted by Crippen LogP contribution is -2.53. The van der Waals surface area contributed by atoms with Gasteiger partial charge < -0.3 is 15.5 Å². The summed E-state index contributed by atoms with van der Waals surface area (Å²) in [4.78, 5) is 28.6. The molecule has 0 aromatic carbocycles. The van der Waals surface area contributed by atoms with E-state index in [0.29, 0.717) is 18.9 Å². The van der Waals surface area contributed by atoms with Gasteiger partial charge in [-0.05, 0) is 45.1 Å².